The number of anilines is 1. The van der Waals surface area contributed by atoms with E-state index in [1.165, 1.54) is 0 Å². The Hall–Kier alpha value is -2.43. The number of hydrazone groups is 1. The minimum atomic E-state index is -0.190. The van der Waals surface area contributed by atoms with Crippen LogP contribution >= 0.6 is 0 Å². The molecule has 5 nitrogen and oxygen atoms in total. The lowest BCUT2D eigenvalue weighted by Gasteiger charge is -2.20. The summed E-state index contributed by atoms with van der Waals surface area (Å²) in [6, 6.07) is 8.02. The van der Waals surface area contributed by atoms with Crippen LogP contribution in [0, 0.1) is 23.7 Å². The van der Waals surface area contributed by atoms with Gasteiger partial charge in [0.1, 0.15) is 0 Å². The maximum absolute atomic E-state index is 12.6. The number of fused-ring (bicyclic) bond motifs is 5. The first-order chi connectivity index (χ1) is 12.1. The smallest absolute Gasteiger partial charge is 0.254 e. The minimum absolute atomic E-state index is 0.136. The zero-order valence-electron chi connectivity index (χ0n) is 14.6. The van der Waals surface area contributed by atoms with Crippen LogP contribution in [0.1, 0.15) is 25.8 Å². The van der Waals surface area contributed by atoms with E-state index in [4.69, 9.17) is 0 Å². The maximum atomic E-state index is 12.6. The van der Waals surface area contributed by atoms with Crippen molar-refractivity contribution in [1.82, 2.24) is 5.01 Å². The number of carbonyl (C=O) groups is 2. The molecule has 130 valence electrons. The number of carbonyl (C=O) groups excluding carboxylic acids is 2. The Morgan fingerprint density at radius 2 is 1.60 bits per heavy atom. The number of imide groups is 1. The van der Waals surface area contributed by atoms with Crippen LogP contribution in [-0.2, 0) is 9.59 Å². The quantitative estimate of drug-likeness (QED) is 0.471. The highest BCUT2D eigenvalue weighted by atomic mass is 16.2. The van der Waals surface area contributed by atoms with Crippen molar-refractivity contribution in [2.75, 3.05) is 18.0 Å². The van der Waals surface area contributed by atoms with E-state index >= 15 is 0 Å². The second kappa shape index (κ2) is 6.14. The summed E-state index contributed by atoms with van der Waals surface area (Å²) in [4.78, 5) is 27.4. The minimum Gasteiger partial charge on any atom is -0.372 e. The Morgan fingerprint density at radius 1 is 1.04 bits per heavy atom. The number of amides is 2. The van der Waals surface area contributed by atoms with Crippen LogP contribution in [0.5, 0.6) is 0 Å². The first-order valence-corrected chi connectivity index (χ1v) is 9.09. The van der Waals surface area contributed by atoms with Crippen molar-refractivity contribution in [2.24, 2.45) is 28.8 Å². The number of hydrogen-bond acceptors (Lipinski definition) is 4. The molecule has 2 amide bonds. The van der Waals surface area contributed by atoms with Gasteiger partial charge in [0.05, 0.1) is 18.1 Å². The first-order valence-electron chi connectivity index (χ1n) is 9.09. The van der Waals surface area contributed by atoms with Crippen LogP contribution in [0.2, 0.25) is 0 Å². The lowest BCUT2D eigenvalue weighted by molar-refractivity contribution is -0.140. The standard InChI is InChI=1S/C20H23N3O2/c1-3-22(4-2)16-9-5-13(6-10-16)12-21-23-19(24)17-14-7-8-15(11-14)18(17)20(23)25/h5-10,12,14-15,17-18H,3-4,11H2,1-2H3/b21-12-/t14-,15-,17+,18+/m0/s1. The molecule has 3 aliphatic rings. The highest BCUT2D eigenvalue weighted by molar-refractivity contribution is 6.06. The zero-order valence-corrected chi connectivity index (χ0v) is 14.6. The molecule has 0 unspecified atom stereocenters. The fourth-order valence-corrected chi connectivity index (χ4v) is 4.48. The molecule has 0 N–H and O–H groups in total. The molecule has 1 aromatic rings. The van der Waals surface area contributed by atoms with E-state index in [1.54, 1.807) is 6.21 Å². The monoisotopic (exact) mass is 337 g/mol. The fourth-order valence-electron chi connectivity index (χ4n) is 4.48. The van der Waals surface area contributed by atoms with Crippen LogP contribution in [0.3, 0.4) is 0 Å². The van der Waals surface area contributed by atoms with Gasteiger partial charge in [-0.2, -0.15) is 10.1 Å². The van der Waals surface area contributed by atoms with Gasteiger partial charge < -0.3 is 4.90 Å². The lowest BCUT2D eigenvalue weighted by atomic mass is 9.85. The number of hydrogen-bond donors (Lipinski definition) is 0. The zero-order chi connectivity index (χ0) is 17.6. The number of allylic oxidation sites excluding steroid dienone is 2. The largest absolute Gasteiger partial charge is 0.372 e. The van der Waals surface area contributed by atoms with Crippen molar-refractivity contribution in [1.29, 1.82) is 0 Å². The van der Waals surface area contributed by atoms with E-state index in [0.29, 0.717) is 0 Å². The van der Waals surface area contributed by atoms with Gasteiger partial charge in [0, 0.05) is 18.8 Å². The van der Waals surface area contributed by atoms with Gasteiger partial charge in [-0.15, -0.1) is 0 Å². The SMILES string of the molecule is CCN(CC)c1ccc(/C=N\N2C(=O)[C@H]3[C@H](C2=O)[C@H]2C=C[C@H]3C2)cc1. The molecule has 1 aliphatic heterocycles. The van der Waals surface area contributed by atoms with Crippen molar-refractivity contribution in [3.8, 4) is 0 Å². The molecule has 0 spiro atoms. The van der Waals surface area contributed by atoms with Crippen LogP contribution in [-0.4, -0.2) is 36.1 Å². The topological polar surface area (TPSA) is 53.0 Å². The Morgan fingerprint density at radius 3 is 2.12 bits per heavy atom. The van der Waals surface area contributed by atoms with Gasteiger partial charge >= 0.3 is 0 Å². The summed E-state index contributed by atoms with van der Waals surface area (Å²) < 4.78 is 0. The van der Waals surface area contributed by atoms with E-state index in [2.05, 4.69) is 36.0 Å². The molecule has 4 atom stereocenters. The van der Waals surface area contributed by atoms with E-state index in [0.717, 1.165) is 35.8 Å². The summed E-state index contributed by atoms with van der Waals surface area (Å²) in [7, 11) is 0. The number of nitrogens with zero attached hydrogens (tertiary/aromatic N) is 3. The number of benzene rings is 1. The van der Waals surface area contributed by atoms with Gasteiger partial charge in [-0.05, 0) is 49.8 Å². The molecule has 2 bridgehead atoms. The second-order valence-electron chi connectivity index (χ2n) is 7.00. The molecule has 4 rings (SSSR count). The fraction of sp³-hybridized carbons (Fsp3) is 0.450. The molecule has 25 heavy (non-hydrogen) atoms. The van der Waals surface area contributed by atoms with Crippen molar-refractivity contribution in [3.05, 3.63) is 42.0 Å². The molecule has 1 saturated heterocycles. The third-order valence-electron chi connectivity index (χ3n) is 5.79. The lowest BCUT2D eigenvalue weighted by Crippen LogP contribution is -2.28. The third kappa shape index (κ3) is 2.49. The normalized spacial score (nSPS) is 29.9. The van der Waals surface area contributed by atoms with Crippen LogP contribution in [0.15, 0.2) is 41.5 Å². The molecule has 0 aromatic heterocycles. The Balaban J connectivity index is 1.49. The molecular weight excluding hydrogens is 314 g/mol. The van der Waals surface area contributed by atoms with Crippen molar-refractivity contribution in [3.63, 3.8) is 0 Å². The van der Waals surface area contributed by atoms with Gasteiger partial charge in [-0.1, -0.05) is 24.3 Å². The van der Waals surface area contributed by atoms with Crippen LogP contribution < -0.4 is 4.90 Å². The molecule has 5 heteroatoms. The molecule has 2 aliphatic carbocycles. The molecule has 0 radical (unpaired) electrons. The maximum Gasteiger partial charge on any atom is 0.254 e. The molecular formula is C20H23N3O2. The average Bonchev–Trinajstić information content (AvgIpc) is 3.30. The summed E-state index contributed by atoms with van der Waals surface area (Å²) in [6.07, 6.45) is 6.74. The van der Waals surface area contributed by atoms with Gasteiger partial charge in [-0.25, -0.2) is 0 Å². The molecule has 1 saturated carbocycles. The van der Waals surface area contributed by atoms with Crippen molar-refractivity contribution >= 4 is 23.7 Å². The Bertz CT molecular complexity index is 719. The van der Waals surface area contributed by atoms with Crippen molar-refractivity contribution in [2.45, 2.75) is 20.3 Å². The van der Waals surface area contributed by atoms with Crippen LogP contribution in [0.4, 0.5) is 5.69 Å². The van der Waals surface area contributed by atoms with E-state index in [-0.39, 0.29) is 35.5 Å². The summed E-state index contributed by atoms with van der Waals surface area (Å²) in [5, 5.41) is 5.31. The predicted octanol–water partition coefficient (Wildman–Crippen LogP) is 2.67. The average molecular weight is 337 g/mol. The Labute approximate surface area is 148 Å². The number of rotatable bonds is 5. The summed E-state index contributed by atoms with van der Waals surface area (Å²) in [5.41, 5.74) is 2.04. The highest BCUT2D eigenvalue weighted by Crippen LogP contribution is 2.52. The summed E-state index contributed by atoms with van der Waals surface area (Å²) >= 11 is 0. The van der Waals surface area contributed by atoms with E-state index in [1.807, 2.05) is 24.3 Å². The van der Waals surface area contributed by atoms with Gasteiger partial charge in [0.15, 0.2) is 0 Å². The molecule has 1 aromatic carbocycles. The van der Waals surface area contributed by atoms with Gasteiger partial charge in [0.2, 0.25) is 0 Å². The summed E-state index contributed by atoms with van der Waals surface area (Å²) in [6.45, 7) is 6.17. The van der Waals surface area contributed by atoms with Crippen LogP contribution in [0.25, 0.3) is 0 Å². The second-order valence-corrected chi connectivity index (χ2v) is 7.00. The van der Waals surface area contributed by atoms with Gasteiger partial charge in [0.25, 0.3) is 11.8 Å². The van der Waals surface area contributed by atoms with Gasteiger partial charge in [-0.3, -0.25) is 9.59 Å². The Kier molecular flexibility index (Phi) is 3.94. The highest BCUT2D eigenvalue weighted by Gasteiger charge is 2.59. The third-order valence-corrected chi connectivity index (χ3v) is 5.79. The summed E-state index contributed by atoms with van der Waals surface area (Å²) in [5.74, 6) is -0.208. The van der Waals surface area contributed by atoms with Crippen molar-refractivity contribution < 1.29 is 9.59 Å². The first kappa shape index (κ1) is 16.1. The molecule has 2 fully saturated rings. The predicted molar refractivity (Wildman–Crippen MR) is 97.2 cm³/mol. The van der Waals surface area contributed by atoms with E-state index < -0.39 is 0 Å². The van der Waals surface area contributed by atoms with E-state index in [9.17, 15) is 9.59 Å². The molecule has 1 heterocycles.